The van der Waals surface area contributed by atoms with Gasteiger partial charge in [0, 0.05) is 6.04 Å². The first kappa shape index (κ1) is 12.5. The van der Waals surface area contributed by atoms with Crippen LogP contribution in [0, 0.1) is 0 Å². The first-order valence-electron chi connectivity index (χ1n) is 5.31. The van der Waals surface area contributed by atoms with Gasteiger partial charge < -0.3 is 15.6 Å². The predicted molar refractivity (Wildman–Crippen MR) is 61.5 cm³/mol. The molecule has 0 amide bonds. The highest BCUT2D eigenvalue weighted by Gasteiger charge is 2.09. The van der Waals surface area contributed by atoms with E-state index in [1.54, 1.807) is 0 Å². The van der Waals surface area contributed by atoms with Gasteiger partial charge in [-0.2, -0.15) is 0 Å². The average Bonchev–Trinajstić information content (AvgIpc) is 2.17. The van der Waals surface area contributed by atoms with Gasteiger partial charge >= 0.3 is 5.97 Å². The molecule has 0 fully saturated rings. The van der Waals surface area contributed by atoms with Crippen LogP contribution in [0.1, 0.15) is 18.9 Å². The summed E-state index contributed by atoms with van der Waals surface area (Å²) in [6.45, 7) is 2.54. The van der Waals surface area contributed by atoms with Crippen molar-refractivity contribution >= 4 is 5.97 Å². The number of hydrogen-bond acceptors (Lipinski definition) is 3. The summed E-state index contributed by atoms with van der Waals surface area (Å²) >= 11 is 0. The molecule has 0 aromatic heterocycles. The van der Waals surface area contributed by atoms with Gasteiger partial charge in [0.2, 0.25) is 0 Å². The predicted octanol–water partition coefficient (Wildman–Crippen LogP) is 1.43. The van der Waals surface area contributed by atoms with E-state index in [0.29, 0.717) is 13.0 Å². The first-order chi connectivity index (χ1) is 7.61. The molecular weight excluding hydrogens is 206 g/mol. The van der Waals surface area contributed by atoms with Crippen molar-refractivity contribution in [2.75, 3.05) is 6.61 Å². The van der Waals surface area contributed by atoms with Gasteiger partial charge in [-0.1, -0.05) is 12.1 Å². The maximum absolute atomic E-state index is 10.5. The number of hydrogen-bond donors (Lipinski definition) is 2. The molecule has 0 saturated heterocycles. The molecular formula is C12H17NO3. The Kier molecular flexibility index (Phi) is 4.79. The molecule has 1 atom stereocenters. The van der Waals surface area contributed by atoms with E-state index >= 15 is 0 Å². The second-order valence-corrected chi connectivity index (χ2v) is 3.64. The molecule has 0 spiro atoms. The van der Waals surface area contributed by atoms with Crippen molar-refractivity contribution in [1.29, 1.82) is 0 Å². The Hall–Kier alpha value is -1.55. The molecule has 4 heteroatoms. The van der Waals surface area contributed by atoms with E-state index in [-0.39, 0.29) is 12.5 Å². The van der Waals surface area contributed by atoms with Crippen molar-refractivity contribution in [2.45, 2.75) is 25.8 Å². The Balaban J connectivity index is 2.59. The van der Waals surface area contributed by atoms with E-state index in [4.69, 9.17) is 15.6 Å². The molecule has 1 rings (SSSR count). The molecule has 1 aromatic carbocycles. The number of ether oxygens (including phenoxy) is 1. The van der Waals surface area contributed by atoms with Crippen molar-refractivity contribution in [2.24, 2.45) is 5.73 Å². The lowest BCUT2D eigenvalue weighted by Gasteiger charge is -2.10. The number of benzene rings is 1. The molecule has 0 aliphatic heterocycles. The van der Waals surface area contributed by atoms with Gasteiger partial charge in [0.25, 0.3) is 0 Å². The third-order valence-electron chi connectivity index (χ3n) is 2.14. The number of carbonyl (C=O) groups is 1. The lowest BCUT2D eigenvalue weighted by atomic mass is 10.0. The highest BCUT2D eigenvalue weighted by Crippen LogP contribution is 2.14. The van der Waals surface area contributed by atoms with Gasteiger partial charge in [-0.15, -0.1) is 0 Å². The third kappa shape index (κ3) is 4.31. The topological polar surface area (TPSA) is 72.5 Å². The average molecular weight is 223 g/mol. The fourth-order valence-corrected chi connectivity index (χ4v) is 1.53. The zero-order valence-corrected chi connectivity index (χ0v) is 9.35. The van der Waals surface area contributed by atoms with E-state index in [0.717, 1.165) is 11.3 Å². The van der Waals surface area contributed by atoms with Crippen molar-refractivity contribution in [3.8, 4) is 5.75 Å². The molecule has 0 aliphatic rings. The van der Waals surface area contributed by atoms with E-state index in [1.165, 1.54) is 0 Å². The number of aliphatic carboxylic acids is 1. The number of carboxylic acid groups (broad SMARTS) is 1. The summed E-state index contributed by atoms with van der Waals surface area (Å²) in [4.78, 5) is 10.5. The number of rotatable bonds is 6. The second-order valence-electron chi connectivity index (χ2n) is 3.64. The normalized spacial score (nSPS) is 12.1. The van der Waals surface area contributed by atoms with Crippen molar-refractivity contribution in [1.82, 2.24) is 0 Å². The molecule has 1 aromatic rings. The second kappa shape index (κ2) is 6.12. The van der Waals surface area contributed by atoms with Crippen molar-refractivity contribution < 1.29 is 14.6 Å². The van der Waals surface area contributed by atoms with Crippen LogP contribution in [-0.4, -0.2) is 23.7 Å². The summed E-state index contributed by atoms with van der Waals surface area (Å²) in [5.41, 5.74) is 6.71. The molecule has 4 nitrogen and oxygen atoms in total. The van der Waals surface area contributed by atoms with Crippen molar-refractivity contribution in [3.63, 3.8) is 0 Å². The van der Waals surface area contributed by atoms with Crippen LogP contribution in [0.5, 0.6) is 5.75 Å². The maximum Gasteiger partial charge on any atom is 0.304 e. The molecule has 0 heterocycles. The zero-order chi connectivity index (χ0) is 12.0. The van der Waals surface area contributed by atoms with Gasteiger partial charge in [0.1, 0.15) is 5.75 Å². The van der Waals surface area contributed by atoms with Gasteiger partial charge in [-0.05, 0) is 31.0 Å². The first-order valence-corrected chi connectivity index (χ1v) is 5.31. The minimum Gasteiger partial charge on any atom is -0.494 e. The van der Waals surface area contributed by atoms with E-state index < -0.39 is 5.97 Å². The lowest BCUT2D eigenvalue weighted by Crippen LogP contribution is -2.26. The Bertz CT molecular complexity index is 352. The highest BCUT2D eigenvalue weighted by atomic mass is 16.5. The van der Waals surface area contributed by atoms with Crippen LogP contribution in [0.15, 0.2) is 24.3 Å². The number of nitrogens with two attached hydrogens (primary N) is 1. The fourth-order valence-electron chi connectivity index (χ4n) is 1.53. The minimum absolute atomic E-state index is 0.0150. The standard InChI is InChI=1S/C12H17NO3/c1-2-16-11-5-3-4-9(7-11)6-10(13)8-12(14)15/h3-5,7,10H,2,6,8,13H2,1H3,(H,14,15). The monoisotopic (exact) mass is 223 g/mol. The van der Waals surface area contributed by atoms with E-state index in [2.05, 4.69) is 0 Å². The SMILES string of the molecule is CCOc1cccc(CC(N)CC(=O)O)c1. The zero-order valence-electron chi connectivity index (χ0n) is 9.35. The summed E-state index contributed by atoms with van der Waals surface area (Å²) in [7, 11) is 0. The quantitative estimate of drug-likeness (QED) is 0.765. The molecule has 0 aliphatic carbocycles. The van der Waals surface area contributed by atoms with Gasteiger partial charge in [-0.3, -0.25) is 4.79 Å². The fraction of sp³-hybridized carbons (Fsp3) is 0.417. The summed E-state index contributed by atoms with van der Waals surface area (Å²) < 4.78 is 5.35. The summed E-state index contributed by atoms with van der Waals surface area (Å²) in [6, 6.07) is 7.22. The van der Waals surface area contributed by atoms with Gasteiger partial charge in [0.05, 0.1) is 13.0 Å². The highest BCUT2D eigenvalue weighted by molar-refractivity contribution is 5.67. The summed E-state index contributed by atoms with van der Waals surface area (Å²) in [5, 5.41) is 8.60. The Labute approximate surface area is 95.0 Å². The third-order valence-corrected chi connectivity index (χ3v) is 2.14. The molecule has 0 saturated carbocycles. The van der Waals surface area contributed by atoms with Crippen LogP contribution < -0.4 is 10.5 Å². The summed E-state index contributed by atoms with van der Waals surface area (Å²) in [6.07, 6.45) is 0.534. The molecule has 16 heavy (non-hydrogen) atoms. The van der Waals surface area contributed by atoms with Crippen LogP contribution in [0.2, 0.25) is 0 Å². The molecule has 1 unspecified atom stereocenters. The van der Waals surface area contributed by atoms with Crippen LogP contribution >= 0.6 is 0 Å². The van der Waals surface area contributed by atoms with Crippen LogP contribution in [-0.2, 0) is 11.2 Å². The Morgan fingerprint density at radius 1 is 1.56 bits per heavy atom. The summed E-state index contributed by atoms with van der Waals surface area (Å²) in [5.74, 6) is -0.0732. The van der Waals surface area contributed by atoms with Gasteiger partial charge in [0.15, 0.2) is 0 Å². The Morgan fingerprint density at radius 3 is 2.94 bits per heavy atom. The minimum atomic E-state index is -0.867. The molecule has 3 N–H and O–H groups in total. The molecule has 0 radical (unpaired) electrons. The van der Waals surface area contributed by atoms with Crippen LogP contribution in [0.4, 0.5) is 0 Å². The smallest absolute Gasteiger partial charge is 0.304 e. The van der Waals surface area contributed by atoms with E-state index in [9.17, 15) is 4.79 Å². The van der Waals surface area contributed by atoms with E-state index in [1.807, 2.05) is 31.2 Å². The Morgan fingerprint density at radius 2 is 2.31 bits per heavy atom. The number of carboxylic acids is 1. The maximum atomic E-state index is 10.5. The largest absolute Gasteiger partial charge is 0.494 e. The van der Waals surface area contributed by atoms with Gasteiger partial charge in [-0.25, -0.2) is 0 Å². The molecule has 0 bridgehead atoms. The van der Waals surface area contributed by atoms with Crippen LogP contribution in [0.25, 0.3) is 0 Å². The molecule has 88 valence electrons. The van der Waals surface area contributed by atoms with Crippen LogP contribution in [0.3, 0.4) is 0 Å². The lowest BCUT2D eigenvalue weighted by molar-refractivity contribution is -0.137. The van der Waals surface area contributed by atoms with Crippen molar-refractivity contribution in [3.05, 3.63) is 29.8 Å².